The minimum absolute atomic E-state index is 0.165. The van der Waals surface area contributed by atoms with Crippen LogP contribution in [0, 0.1) is 0 Å². The highest BCUT2D eigenvalue weighted by Gasteiger charge is 2.04. The Kier molecular flexibility index (Phi) is 5.33. The van der Waals surface area contributed by atoms with E-state index in [-0.39, 0.29) is 5.97 Å². The topological polar surface area (TPSA) is 41.6 Å². The Morgan fingerprint density at radius 2 is 2.06 bits per heavy atom. The summed E-state index contributed by atoms with van der Waals surface area (Å²) in [5.74, 6) is -0.165. The summed E-state index contributed by atoms with van der Waals surface area (Å²) in [6.45, 7) is 2.84. The molecule has 0 heterocycles. The third kappa shape index (κ3) is 4.34. The van der Waals surface area contributed by atoms with E-state index in [4.69, 9.17) is 4.74 Å². The lowest BCUT2D eigenvalue weighted by atomic mass is 10.2. The Labute approximate surface area is 103 Å². The summed E-state index contributed by atoms with van der Waals surface area (Å²) in [7, 11) is 3.98. The van der Waals surface area contributed by atoms with Crippen LogP contribution < -0.4 is 10.2 Å². The van der Waals surface area contributed by atoms with E-state index < -0.39 is 0 Å². The molecule has 0 radical (unpaired) electrons. The number of carbonyl (C=O) groups is 1. The summed E-state index contributed by atoms with van der Waals surface area (Å²) in [5.41, 5.74) is 2.14. The van der Waals surface area contributed by atoms with E-state index in [9.17, 15) is 4.79 Å². The fourth-order valence-electron chi connectivity index (χ4n) is 1.55. The molecule has 1 aromatic carbocycles. The summed E-state index contributed by atoms with van der Waals surface area (Å²) < 4.78 is 4.87. The van der Waals surface area contributed by atoms with E-state index in [1.54, 1.807) is 0 Å². The van der Waals surface area contributed by atoms with Gasteiger partial charge in [-0.05, 0) is 19.1 Å². The van der Waals surface area contributed by atoms with Crippen LogP contribution in [0.2, 0.25) is 0 Å². The summed E-state index contributed by atoms with van der Waals surface area (Å²) in [6.07, 6.45) is 0.385. The van der Waals surface area contributed by atoms with Crippen LogP contribution in [0.3, 0.4) is 0 Å². The van der Waals surface area contributed by atoms with E-state index in [0.29, 0.717) is 19.6 Å². The molecular formula is C13H20N2O2. The average molecular weight is 236 g/mol. The van der Waals surface area contributed by atoms with Crippen molar-refractivity contribution < 1.29 is 9.53 Å². The predicted octanol–water partition coefficient (Wildman–Crippen LogP) is 2.12. The largest absolute Gasteiger partial charge is 0.466 e. The van der Waals surface area contributed by atoms with Crippen molar-refractivity contribution in [3.8, 4) is 0 Å². The van der Waals surface area contributed by atoms with Gasteiger partial charge in [-0.25, -0.2) is 0 Å². The minimum atomic E-state index is -0.165. The number of para-hydroxylation sites is 2. The molecule has 0 saturated heterocycles. The fraction of sp³-hybridized carbons (Fsp3) is 0.462. The van der Waals surface area contributed by atoms with Gasteiger partial charge in [0.15, 0.2) is 0 Å². The van der Waals surface area contributed by atoms with Crippen LogP contribution in [0.15, 0.2) is 24.3 Å². The number of nitrogens with zero attached hydrogens (tertiary/aromatic N) is 1. The summed E-state index contributed by atoms with van der Waals surface area (Å²) in [5, 5.41) is 3.24. The van der Waals surface area contributed by atoms with Gasteiger partial charge in [0.25, 0.3) is 0 Å². The molecule has 0 atom stereocenters. The molecule has 0 aliphatic rings. The quantitative estimate of drug-likeness (QED) is 0.768. The molecule has 17 heavy (non-hydrogen) atoms. The maximum Gasteiger partial charge on any atom is 0.307 e. The van der Waals surface area contributed by atoms with Crippen LogP contribution >= 0.6 is 0 Å². The van der Waals surface area contributed by atoms with Crippen LogP contribution in [-0.2, 0) is 9.53 Å². The van der Waals surface area contributed by atoms with E-state index in [0.717, 1.165) is 11.4 Å². The lowest BCUT2D eigenvalue weighted by molar-refractivity contribution is -0.142. The van der Waals surface area contributed by atoms with Crippen molar-refractivity contribution >= 4 is 17.3 Å². The van der Waals surface area contributed by atoms with Crippen molar-refractivity contribution in [3.05, 3.63) is 24.3 Å². The lowest BCUT2D eigenvalue weighted by Gasteiger charge is -2.18. The second kappa shape index (κ2) is 6.78. The highest BCUT2D eigenvalue weighted by atomic mass is 16.5. The first kappa shape index (κ1) is 13.4. The Hall–Kier alpha value is -1.71. The molecule has 0 aromatic heterocycles. The van der Waals surface area contributed by atoms with Gasteiger partial charge in [-0.3, -0.25) is 4.79 Å². The number of ether oxygens (including phenoxy) is 1. The predicted molar refractivity (Wildman–Crippen MR) is 70.5 cm³/mol. The molecule has 4 nitrogen and oxygen atoms in total. The summed E-state index contributed by atoms with van der Waals surface area (Å²) >= 11 is 0. The molecule has 0 fully saturated rings. The van der Waals surface area contributed by atoms with Crippen molar-refractivity contribution in [1.29, 1.82) is 0 Å². The number of nitrogens with one attached hydrogen (secondary N) is 1. The number of benzene rings is 1. The summed E-state index contributed by atoms with van der Waals surface area (Å²) in [6, 6.07) is 8.00. The van der Waals surface area contributed by atoms with Crippen molar-refractivity contribution in [2.24, 2.45) is 0 Å². The van der Waals surface area contributed by atoms with Gasteiger partial charge in [-0.15, -0.1) is 0 Å². The number of esters is 1. The first-order chi connectivity index (χ1) is 8.15. The van der Waals surface area contributed by atoms with Gasteiger partial charge in [0, 0.05) is 20.6 Å². The third-order valence-corrected chi connectivity index (χ3v) is 2.34. The van der Waals surface area contributed by atoms with Crippen LogP contribution in [0.25, 0.3) is 0 Å². The van der Waals surface area contributed by atoms with Gasteiger partial charge in [0.05, 0.1) is 24.4 Å². The normalized spacial score (nSPS) is 9.82. The fourth-order valence-corrected chi connectivity index (χ4v) is 1.55. The van der Waals surface area contributed by atoms with E-state index in [1.807, 2.05) is 50.2 Å². The smallest absolute Gasteiger partial charge is 0.307 e. The van der Waals surface area contributed by atoms with Crippen LogP contribution in [0.4, 0.5) is 11.4 Å². The maximum absolute atomic E-state index is 11.2. The Balaban J connectivity index is 2.49. The van der Waals surface area contributed by atoms with E-state index in [2.05, 4.69) is 5.32 Å². The Morgan fingerprint density at radius 3 is 2.71 bits per heavy atom. The highest BCUT2D eigenvalue weighted by molar-refractivity contribution is 5.72. The van der Waals surface area contributed by atoms with Gasteiger partial charge in [-0.1, -0.05) is 12.1 Å². The van der Waals surface area contributed by atoms with E-state index in [1.165, 1.54) is 0 Å². The molecule has 0 unspecified atom stereocenters. The maximum atomic E-state index is 11.2. The Morgan fingerprint density at radius 1 is 1.35 bits per heavy atom. The van der Waals surface area contributed by atoms with E-state index >= 15 is 0 Å². The second-order valence-electron chi connectivity index (χ2n) is 3.89. The van der Waals surface area contributed by atoms with Crippen LogP contribution in [-0.4, -0.2) is 33.2 Å². The minimum Gasteiger partial charge on any atom is -0.466 e. The first-order valence-corrected chi connectivity index (χ1v) is 5.81. The monoisotopic (exact) mass is 236 g/mol. The van der Waals surface area contributed by atoms with Crippen molar-refractivity contribution in [1.82, 2.24) is 0 Å². The molecule has 0 spiro atoms. The number of hydrogen-bond acceptors (Lipinski definition) is 4. The van der Waals surface area contributed by atoms with Gasteiger partial charge >= 0.3 is 5.97 Å². The summed E-state index contributed by atoms with van der Waals surface area (Å²) in [4.78, 5) is 13.2. The lowest BCUT2D eigenvalue weighted by Crippen LogP contribution is -2.15. The first-order valence-electron chi connectivity index (χ1n) is 5.81. The third-order valence-electron chi connectivity index (χ3n) is 2.34. The molecule has 0 aliphatic carbocycles. The molecule has 4 heteroatoms. The zero-order valence-electron chi connectivity index (χ0n) is 10.7. The van der Waals surface area contributed by atoms with Crippen LogP contribution in [0.1, 0.15) is 13.3 Å². The molecular weight excluding hydrogens is 216 g/mol. The second-order valence-corrected chi connectivity index (χ2v) is 3.89. The number of hydrogen-bond donors (Lipinski definition) is 1. The van der Waals surface area contributed by atoms with Crippen molar-refractivity contribution in [2.75, 3.05) is 37.5 Å². The number of anilines is 2. The molecule has 0 amide bonds. The van der Waals surface area contributed by atoms with Crippen molar-refractivity contribution in [2.45, 2.75) is 13.3 Å². The van der Waals surface area contributed by atoms with Gasteiger partial charge in [0.2, 0.25) is 0 Å². The standard InChI is InChI=1S/C13H20N2O2/c1-4-17-13(16)9-10-14-11-7-5-6-8-12(11)15(2)3/h5-8,14H,4,9-10H2,1-3H3. The Bertz CT molecular complexity index is 364. The number of carbonyl (C=O) groups excluding carboxylic acids is 1. The average Bonchev–Trinajstić information content (AvgIpc) is 2.30. The van der Waals surface area contributed by atoms with Crippen molar-refractivity contribution in [3.63, 3.8) is 0 Å². The zero-order chi connectivity index (χ0) is 12.7. The molecule has 1 N–H and O–H groups in total. The zero-order valence-corrected chi connectivity index (χ0v) is 10.7. The molecule has 1 aromatic rings. The molecule has 0 aliphatic heterocycles. The molecule has 0 bridgehead atoms. The SMILES string of the molecule is CCOC(=O)CCNc1ccccc1N(C)C. The molecule has 1 rings (SSSR count). The molecule has 94 valence electrons. The van der Waals surface area contributed by atoms with Crippen LogP contribution in [0.5, 0.6) is 0 Å². The number of rotatable bonds is 6. The van der Waals surface area contributed by atoms with Gasteiger partial charge in [0.1, 0.15) is 0 Å². The van der Waals surface area contributed by atoms with Gasteiger partial charge in [-0.2, -0.15) is 0 Å². The van der Waals surface area contributed by atoms with Gasteiger partial charge < -0.3 is 15.0 Å². The highest BCUT2D eigenvalue weighted by Crippen LogP contribution is 2.23. The molecule has 0 saturated carbocycles.